The van der Waals surface area contributed by atoms with Crippen LogP contribution in [0.2, 0.25) is 0 Å². The van der Waals surface area contributed by atoms with Gasteiger partial charge in [0.25, 0.3) is 5.91 Å². The maximum Gasteiger partial charge on any atom is 0.288 e. The molecule has 1 aliphatic heterocycles. The molecule has 2 rings (SSSR count). The molecule has 1 aromatic carbocycles. The molecule has 0 saturated carbocycles. The number of amides is 2. The van der Waals surface area contributed by atoms with Gasteiger partial charge in [0.05, 0.1) is 6.54 Å². The Morgan fingerprint density at radius 2 is 1.56 bits per heavy atom. The minimum Gasteiger partial charge on any atom is -0.368 e. The van der Waals surface area contributed by atoms with Gasteiger partial charge in [0.15, 0.2) is 0 Å². The van der Waals surface area contributed by atoms with Crippen LogP contribution in [0.25, 0.3) is 0 Å². The molecular weight excluding hydrogens is 318 g/mol. The largest absolute Gasteiger partial charge is 0.368 e. The zero-order valence-corrected chi connectivity index (χ0v) is 15.5. The Morgan fingerprint density at radius 1 is 1.00 bits per heavy atom. The van der Waals surface area contributed by atoms with E-state index in [1.807, 2.05) is 0 Å². The average molecular weight is 345 g/mol. The summed E-state index contributed by atoms with van der Waals surface area (Å²) in [5.74, 6) is -1.36. The van der Waals surface area contributed by atoms with Gasteiger partial charge in [-0.25, -0.2) is 0 Å². The lowest BCUT2D eigenvalue weighted by Gasteiger charge is -2.36. The van der Waals surface area contributed by atoms with Gasteiger partial charge in [-0.1, -0.05) is 38.5 Å². The van der Waals surface area contributed by atoms with Crippen LogP contribution in [0.15, 0.2) is 24.3 Å². The molecular formula is C19H27N3O3. The van der Waals surface area contributed by atoms with E-state index in [9.17, 15) is 14.4 Å². The number of hydrogen-bond acceptors (Lipinski definition) is 4. The Kier molecular flexibility index (Phi) is 5.82. The summed E-state index contributed by atoms with van der Waals surface area (Å²) >= 11 is 0. The zero-order chi connectivity index (χ0) is 18.6. The van der Waals surface area contributed by atoms with Crippen molar-refractivity contribution in [1.82, 2.24) is 10.2 Å². The van der Waals surface area contributed by atoms with Gasteiger partial charge >= 0.3 is 0 Å². The number of Topliss-reactive ketones (excluding diaryl/α,β-unsaturated/α-hetero) is 1. The van der Waals surface area contributed by atoms with E-state index in [-0.39, 0.29) is 12.5 Å². The fourth-order valence-corrected chi connectivity index (χ4v) is 2.66. The summed E-state index contributed by atoms with van der Waals surface area (Å²) in [6.07, 6.45) is 0. The number of aryl methyl sites for hydroxylation is 1. The van der Waals surface area contributed by atoms with Crippen LogP contribution >= 0.6 is 0 Å². The molecule has 25 heavy (non-hydrogen) atoms. The number of carbonyl (C=O) groups excluding carboxylic acids is 3. The van der Waals surface area contributed by atoms with E-state index in [1.165, 1.54) is 5.56 Å². The Morgan fingerprint density at radius 3 is 2.08 bits per heavy atom. The van der Waals surface area contributed by atoms with Crippen molar-refractivity contribution in [3.63, 3.8) is 0 Å². The molecule has 136 valence electrons. The molecule has 2 amide bonds. The number of anilines is 1. The van der Waals surface area contributed by atoms with Gasteiger partial charge in [-0.05, 0) is 19.1 Å². The van der Waals surface area contributed by atoms with Crippen LogP contribution in [0.1, 0.15) is 26.3 Å². The highest BCUT2D eigenvalue weighted by atomic mass is 16.2. The van der Waals surface area contributed by atoms with Crippen molar-refractivity contribution in [3.05, 3.63) is 29.8 Å². The molecule has 1 N–H and O–H groups in total. The minimum atomic E-state index is -0.743. The summed E-state index contributed by atoms with van der Waals surface area (Å²) in [6, 6.07) is 8.33. The standard InChI is InChI=1S/C19H27N3O3/c1-14-5-7-15(8-6-14)21-9-11-22(12-10-21)16(23)13-20-18(25)17(24)19(2,3)4/h5-8H,9-13H2,1-4H3,(H,20,25). The first-order valence-corrected chi connectivity index (χ1v) is 8.60. The van der Waals surface area contributed by atoms with Gasteiger partial charge < -0.3 is 15.1 Å². The number of nitrogens with one attached hydrogen (secondary N) is 1. The summed E-state index contributed by atoms with van der Waals surface area (Å²) in [5.41, 5.74) is 1.63. The Labute approximate surface area is 149 Å². The molecule has 1 aromatic rings. The van der Waals surface area contributed by atoms with E-state index in [0.29, 0.717) is 13.1 Å². The monoisotopic (exact) mass is 345 g/mol. The second kappa shape index (κ2) is 7.68. The fraction of sp³-hybridized carbons (Fsp3) is 0.526. The molecule has 1 heterocycles. The van der Waals surface area contributed by atoms with Crippen molar-refractivity contribution in [2.24, 2.45) is 5.41 Å². The highest BCUT2D eigenvalue weighted by molar-refractivity contribution is 6.38. The summed E-state index contributed by atoms with van der Waals surface area (Å²) < 4.78 is 0. The van der Waals surface area contributed by atoms with Gasteiger partial charge in [-0.3, -0.25) is 14.4 Å². The summed E-state index contributed by atoms with van der Waals surface area (Å²) in [6.45, 7) is 9.69. The zero-order valence-electron chi connectivity index (χ0n) is 15.5. The second-order valence-electron chi connectivity index (χ2n) is 7.47. The fourth-order valence-electron chi connectivity index (χ4n) is 2.66. The minimum absolute atomic E-state index is 0.134. The predicted molar refractivity (Wildman–Crippen MR) is 97.4 cm³/mol. The Balaban J connectivity index is 1.80. The maximum absolute atomic E-state index is 12.2. The number of ketones is 1. The second-order valence-corrected chi connectivity index (χ2v) is 7.47. The first kappa shape index (κ1) is 19.0. The maximum atomic E-state index is 12.2. The van der Waals surface area contributed by atoms with Crippen LogP contribution < -0.4 is 10.2 Å². The number of carbonyl (C=O) groups is 3. The van der Waals surface area contributed by atoms with Gasteiger partial charge in [0, 0.05) is 37.3 Å². The van der Waals surface area contributed by atoms with E-state index in [1.54, 1.807) is 25.7 Å². The lowest BCUT2D eigenvalue weighted by Crippen LogP contribution is -2.52. The third kappa shape index (κ3) is 5.05. The topological polar surface area (TPSA) is 69.7 Å². The smallest absolute Gasteiger partial charge is 0.288 e. The number of nitrogens with zero attached hydrogens (tertiary/aromatic N) is 2. The van der Waals surface area contributed by atoms with Crippen molar-refractivity contribution < 1.29 is 14.4 Å². The third-order valence-corrected chi connectivity index (χ3v) is 4.32. The molecule has 1 fully saturated rings. The summed E-state index contributed by atoms with van der Waals surface area (Å²) in [4.78, 5) is 39.8. The van der Waals surface area contributed by atoms with Crippen molar-refractivity contribution in [2.75, 3.05) is 37.6 Å². The molecule has 0 aromatic heterocycles. The molecule has 1 aliphatic rings. The first-order valence-electron chi connectivity index (χ1n) is 8.60. The summed E-state index contributed by atoms with van der Waals surface area (Å²) in [5, 5.41) is 2.44. The van der Waals surface area contributed by atoms with Crippen molar-refractivity contribution in [3.8, 4) is 0 Å². The number of hydrogen-bond donors (Lipinski definition) is 1. The van der Waals surface area contributed by atoms with Crippen LogP contribution in [0.3, 0.4) is 0 Å². The van der Waals surface area contributed by atoms with Crippen LogP contribution in [-0.2, 0) is 14.4 Å². The molecule has 0 atom stereocenters. The Hall–Kier alpha value is -2.37. The average Bonchev–Trinajstić information content (AvgIpc) is 2.58. The van der Waals surface area contributed by atoms with Crippen LogP contribution in [0.4, 0.5) is 5.69 Å². The number of piperazine rings is 1. The number of benzene rings is 1. The van der Waals surface area contributed by atoms with Crippen molar-refractivity contribution in [1.29, 1.82) is 0 Å². The normalized spacial score (nSPS) is 15.0. The molecule has 1 saturated heterocycles. The molecule has 0 radical (unpaired) electrons. The third-order valence-electron chi connectivity index (χ3n) is 4.32. The van der Waals surface area contributed by atoms with Gasteiger partial charge in [0.1, 0.15) is 0 Å². The van der Waals surface area contributed by atoms with Crippen LogP contribution in [0, 0.1) is 12.3 Å². The highest BCUT2D eigenvalue weighted by Crippen LogP contribution is 2.17. The van der Waals surface area contributed by atoms with E-state index >= 15 is 0 Å². The highest BCUT2D eigenvalue weighted by Gasteiger charge is 2.29. The lowest BCUT2D eigenvalue weighted by atomic mass is 9.90. The van der Waals surface area contributed by atoms with Crippen LogP contribution in [-0.4, -0.2) is 55.2 Å². The van der Waals surface area contributed by atoms with E-state index in [4.69, 9.17) is 0 Å². The predicted octanol–water partition coefficient (Wildman–Crippen LogP) is 1.38. The van der Waals surface area contributed by atoms with E-state index < -0.39 is 17.1 Å². The molecule has 6 nitrogen and oxygen atoms in total. The molecule has 0 spiro atoms. The van der Waals surface area contributed by atoms with E-state index in [0.717, 1.165) is 18.8 Å². The lowest BCUT2D eigenvalue weighted by molar-refractivity contribution is -0.143. The number of rotatable bonds is 4. The molecule has 0 unspecified atom stereocenters. The molecule has 6 heteroatoms. The van der Waals surface area contributed by atoms with Gasteiger partial charge in [-0.2, -0.15) is 0 Å². The van der Waals surface area contributed by atoms with E-state index in [2.05, 4.69) is 41.4 Å². The van der Waals surface area contributed by atoms with Crippen molar-refractivity contribution >= 4 is 23.3 Å². The van der Waals surface area contributed by atoms with Crippen LogP contribution in [0.5, 0.6) is 0 Å². The van der Waals surface area contributed by atoms with Gasteiger partial charge in [0.2, 0.25) is 11.7 Å². The van der Waals surface area contributed by atoms with Crippen molar-refractivity contribution in [2.45, 2.75) is 27.7 Å². The SMILES string of the molecule is Cc1ccc(N2CCN(C(=O)CNC(=O)C(=O)C(C)(C)C)CC2)cc1. The quantitative estimate of drug-likeness (QED) is 0.837. The summed E-state index contributed by atoms with van der Waals surface area (Å²) in [7, 11) is 0. The van der Waals surface area contributed by atoms with Gasteiger partial charge in [-0.15, -0.1) is 0 Å². The first-order chi connectivity index (χ1) is 11.7. The Bertz CT molecular complexity index is 639. The molecule has 0 bridgehead atoms. The molecule has 0 aliphatic carbocycles.